The van der Waals surface area contributed by atoms with Crippen LogP contribution in [0.3, 0.4) is 0 Å². The number of aliphatic carboxylic acids is 1. The zero-order valence-corrected chi connectivity index (χ0v) is 15.8. The summed E-state index contributed by atoms with van der Waals surface area (Å²) in [5.41, 5.74) is -0.615. The van der Waals surface area contributed by atoms with E-state index in [1.807, 2.05) is 6.92 Å². The summed E-state index contributed by atoms with van der Waals surface area (Å²) < 4.78 is 0. The molecular weight excluding hydrogens is 316 g/mol. The fourth-order valence-electron chi connectivity index (χ4n) is 7.60. The topological polar surface area (TPSA) is 74.6 Å². The van der Waals surface area contributed by atoms with Gasteiger partial charge in [-0.15, -0.1) is 0 Å². The summed E-state index contributed by atoms with van der Waals surface area (Å²) in [6.45, 7) is 6.56. The average molecular weight is 348 g/mol. The van der Waals surface area contributed by atoms with Crippen molar-refractivity contribution in [3.63, 3.8) is 0 Å². The number of hydrogen-bond donors (Lipinski definition) is 2. The molecule has 0 aromatic heterocycles. The Balaban J connectivity index is 1.66. The molecule has 0 saturated heterocycles. The number of aliphatic hydroxyl groups is 1. The normalized spacial score (nSPS) is 55.2. The van der Waals surface area contributed by atoms with Crippen LogP contribution >= 0.6 is 0 Å². The van der Waals surface area contributed by atoms with Crippen molar-refractivity contribution in [3.8, 4) is 0 Å². The van der Waals surface area contributed by atoms with Crippen LogP contribution in [-0.4, -0.2) is 27.6 Å². The number of carboxylic acids is 1. The Morgan fingerprint density at radius 1 is 1.04 bits per heavy atom. The molecule has 4 aliphatic rings. The Kier molecular flexibility index (Phi) is 3.72. The van der Waals surface area contributed by atoms with Crippen molar-refractivity contribution in [2.45, 2.75) is 77.7 Å². The first-order valence-corrected chi connectivity index (χ1v) is 10.1. The predicted octanol–water partition coefficient (Wildman–Crippen LogP) is 3.66. The molecule has 0 heterocycles. The molecule has 4 rings (SSSR count). The molecule has 0 spiro atoms. The summed E-state index contributed by atoms with van der Waals surface area (Å²) in [6, 6.07) is 0. The minimum Gasteiger partial charge on any atom is -0.481 e. The first kappa shape index (κ1) is 17.5. The van der Waals surface area contributed by atoms with Crippen LogP contribution in [0.4, 0.5) is 0 Å². The molecule has 0 aromatic carbocycles. The molecule has 2 N–H and O–H groups in total. The number of hydrogen-bond acceptors (Lipinski definition) is 3. The van der Waals surface area contributed by atoms with Crippen molar-refractivity contribution in [2.75, 3.05) is 0 Å². The Morgan fingerprint density at radius 2 is 1.72 bits per heavy atom. The first-order chi connectivity index (χ1) is 11.6. The average Bonchev–Trinajstić information content (AvgIpc) is 2.77. The fraction of sp³-hybridized carbons (Fsp3) is 0.905. The maximum atomic E-state index is 12.3. The lowest BCUT2D eigenvalue weighted by Crippen LogP contribution is -2.57. The van der Waals surface area contributed by atoms with Gasteiger partial charge in [0.1, 0.15) is 11.7 Å². The standard InChI is InChI=1S/C21H32O4/c1-19-11-14(18(23)24)17(22)10-12(19)4-5-13-15(19)6-8-20(2)16(13)7-9-21(20,3)25/h12-16,25H,4-11H2,1-3H3,(H,23,24)/t12-,13+,14-,15-,16-,19-,20-,21-/m0/s1. The number of carbonyl (C=O) groups is 2. The third kappa shape index (κ3) is 2.22. The van der Waals surface area contributed by atoms with Gasteiger partial charge in [-0.2, -0.15) is 0 Å². The zero-order valence-electron chi connectivity index (χ0n) is 15.8. The molecular formula is C21H32O4. The molecule has 0 amide bonds. The molecule has 4 saturated carbocycles. The summed E-state index contributed by atoms with van der Waals surface area (Å²) in [5, 5.41) is 20.5. The van der Waals surface area contributed by atoms with E-state index in [1.165, 1.54) is 0 Å². The number of carboxylic acid groups (broad SMARTS) is 1. The Labute approximate surface area is 150 Å². The third-order valence-electron chi connectivity index (χ3n) is 9.41. The van der Waals surface area contributed by atoms with E-state index in [-0.39, 0.29) is 16.6 Å². The summed E-state index contributed by atoms with van der Waals surface area (Å²) in [5.74, 6) is 0.182. The van der Waals surface area contributed by atoms with Crippen molar-refractivity contribution in [1.29, 1.82) is 0 Å². The van der Waals surface area contributed by atoms with Crippen LogP contribution in [0.2, 0.25) is 0 Å². The van der Waals surface area contributed by atoms with Crippen molar-refractivity contribution >= 4 is 11.8 Å². The Hall–Kier alpha value is -0.900. The third-order valence-corrected chi connectivity index (χ3v) is 9.41. The molecule has 0 aliphatic heterocycles. The second-order valence-electron chi connectivity index (χ2n) is 10.2. The van der Waals surface area contributed by atoms with Gasteiger partial charge in [-0.05, 0) is 86.4 Å². The number of Topliss-reactive ketones (excluding diaryl/α,β-unsaturated/α-hetero) is 1. The summed E-state index contributed by atoms with van der Waals surface area (Å²) in [7, 11) is 0. The van der Waals surface area contributed by atoms with Gasteiger partial charge in [0.2, 0.25) is 0 Å². The number of ketones is 1. The minimum atomic E-state index is -0.934. The van der Waals surface area contributed by atoms with Crippen molar-refractivity contribution in [3.05, 3.63) is 0 Å². The molecule has 0 bridgehead atoms. The van der Waals surface area contributed by atoms with Crippen LogP contribution in [0.25, 0.3) is 0 Å². The molecule has 8 atom stereocenters. The van der Waals surface area contributed by atoms with Crippen LogP contribution in [0.1, 0.15) is 72.1 Å². The lowest BCUT2D eigenvalue weighted by Gasteiger charge is -2.61. The van der Waals surface area contributed by atoms with E-state index in [4.69, 9.17) is 0 Å². The first-order valence-electron chi connectivity index (χ1n) is 10.1. The van der Waals surface area contributed by atoms with Crippen LogP contribution < -0.4 is 0 Å². The molecule has 140 valence electrons. The molecule has 4 nitrogen and oxygen atoms in total. The summed E-state index contributed by atoms with van der Waals surface area (Å²) >= 11 is 0. The van der Waals surface area contributed by atoms with Gasteiger partial charge in [-0.1, -0.05) is 13.8 Å². The Bertz CT molecular complexity index is 611. The van der Waals surface area contributed by atoms with E-state index in [0.29, 0.717) is 36.5 Å². The zero-order chi connectivity index (χ0) is 18.2. The number of rotatable bonds is 1. The maximum absolute atomic E-state index is 12.3. The SMILES string of the molecule is C[C@]12C[C@H](C(=O)O)C(=O)C[C@@H]1CC[C@@H]1[C@@H]2CC[C@@]2(C)[C@H]1CC[C@]2(C)O. The van der Waals surface area contributed by atoms with Crippen molar-refractivity contribution in [2.24, 2.45) is 40.4 Å². The van der Waals surface area contributed by atoms with E-state index in [1.54, 1.807) is 0 Å². The summed E-state index contributed by atoms with van der Waals surface area (Å²) in [4.78, 5) is 23.9. The van der Waals surface area contributed by atoms with E-state index in [9.17, 15) is 19.8 Å². The van der Waals surface area contributed by atoms with Gasteiger partial charge in [0.05, 0.1) is 5.60 Å². The molecule has 4 fully saturated rings. The van der Waals surface area contributed by atoms with Crippen LogP contribution in [0, 0.1) is 40.4 Å². The van der Waals surface area contributed by atoms with Gasteiger partial charge in [-0.25, -0.2) is 0 Å². The summed E-state index contributed by atoms with van der Waals surface area (Å²) in [6.07, 6.45) is 7.24. The van der Waals surface area contributed by atoms with E-state index >= 15 is 0 Å². The highest BCUT2D eigenvalue weighted by Crippen LogP contribution is 2.68. The number of carbonyl (C=O) groups excluding carboxylic acids is 1. The second kappa shape index (κ2) is 5.31. The lowest BCUT2D eigenvalue weighted by atomic mass is 9.43. The van der Waals surface area contributed by atoms with E-state index in [0.717, 1.165) is 38.5 Å². The molecule has 25 heavy (non-hydrogen) atoms. The highest BCUT2D eigenvalue weighted by atomic mass is 16.4. The van der Waals surface area contributed by atoms with Crippen LogP contribution in [0.15, 0.2) is 0 Å². The van der Waals surface area contributed by atoms with Crippen molar-refractivity contribution < 1.29 is 19.8 Å². The van der Waals surface area contributed by atoms with E-state index in [2.05, 4.69) is 13.8 Å². The highest BCUT2D eigenvalue weighted by Gasteiger charge is 2.64. The largest absolute Gasteiger partial charge is 0.481 e. The van der Waals surface area contributed by atoms with Gasteiger partial charge in [-0.3, -0.25) is 9.59 Å². The van der Waals surface area contributed by atoms with Gasteiger partial charge < -0.3 is 10.2 Å². The molecule has 4 aliphatic carbocycles. The highest BCUT2D eigenvalue weighted by molar-refractivity contribution is 5.99. The van der Waals surface area contributed by atoms with Crippen LogP contribution in [0.5, 0.6) is 0 Å². The monoisotopic (exact) mass is 348 g/mol. The smallest absolute Gasteiger partial charge is 0.314 e. The van der Waals surface area contributed by atoms with Gasteiger partial charge in [0, 0.05) is 6.42 Å². The molecule has 0 unspecified atom stereocenters. The molecule has 0 aromatic rings. The molecule has 0 radical (unpaired) electrons. The van der Waals surface area contributed by atoms with Gasteiger partial charge >= 0.3 is 5.97 Å². The van der Waals surface area contributed by atoms with Gasteiger partial charge in [0.25, 0.3) is 0 Å². The van der Waals surface area contributed by atoms with E-state index < -0.39 is 17.5 Å². The van der Waals surface area contributed by atoms with Gasteiger partial charge in [0.15, 0.2) is 0 Å². The second-order valence-corrected chi connectivity index (χ2v) is 10.2. The number of fused-ring (bicyclic) bond motifs is 5. The lowest BCUT2D eigenvalue weighted by molar-refractivity contribution is -0.167. The predicted molar refractivity (Wildman–Crippen MR) is 93.9 cm³/mol. The quantitative estimate of drug-likeness (QED) is 0.709. The Morgan fingerprint density at radius 3 is 2.40 bits per heavy atom. The fourth-order valence-corrected chi connectivity index (χ4v) is 7.60. The maximum Gasteiger partial charge on any atom is 0.314 e. The molecule has 4 heteroatoms. The minimum absolute atomic E-state index is 0.00590. The van der Waals surface area contributed by atoms with Crippen LogP contribution in [-0.2, 0) is 9.59 Å². The van der Waals surface area contributed by atoms with Crippen molar-refractivity contribution in [1.82, 2.24) is 0 Å².